The molecule has 2 aliphatic rings. The summed E-state index contributed by atoms with van der Waals surface area (Å²) in [5.74, 6) is 1.25. The van der Waals surface area contributed by atoms with Crippen molar-refractivity contribution in [2.24, 2.45) is 0 Å². The number of nitrogens with two attached hydrogens (primary N) is 1. The molecule has 0 atom stereocenters. The van der Waals surface area contributed by atoms with Crippen LogP contribution in [0.15, 0.2) is 42.6 Å². The van der Waals surface area contributed by atoms with Crippen LogP contribution in [0.5, 0.6) is 5.75 Å². The van der Waals surface area contributed by atoms with Gasteiger partial charge in [0.15, 0.2) is 0 Å². The van der Waals surface area contributed by atoms with E-state index < -0.39 is 0 Å². The monoisotopic (exact) mass is 420 g/mol. The van der Waals surface area contributed by atoms with E-state index in [0.29, 0.717) is 11.6 Å². The molecular weight excluding hydrogens is 392 g/mol. The second-order valence-corrected chi connectivity index (χ2v) is 7.99. The molecular formula is C23H28N6O2. The van der Waals surface area contributed by atoms with Crippen molar-refractivity contribution >= 4 is 33.9 Å². The van der Waals surface area contributed by atoms with Gasteiger partial charge in [0.2, 0.25) is 5.95 Å². The summed E-state index contributed by atoms with van der Waals surface area (Å²) in [6.07, 6.45) is 3.91. The Hall–Kier alpha value is -3.10. The number of hydrogen-bond donors (Lipinski definition) is 3. The number of morpholine rings is 1. The summed E-state index contributed by atoms with van der Waals surface area (Å²) in [5.41, 5.74) is 9.65. The minimum atomic E-state index is 0.172. The summed E-state index contributed by atoms with van der Waals surface area (Å²) in [4.78, 5) is 11.5. The molecule has 0 amide bonds. The molecule has 1 aromatic heterocycles. The average molecular weight is 421 g/mol. The first kappa shape index (κ1) is 19.8. The maximum absolute atomic E-state index is 6.28. The SMILES string of the molecule is Nc1cc(OC2CCNCC2)c2nc(Nc3ccc(N4CCOCC4)cc3)ncc2c1. The molecule has 4 N–H and O–H groups in total. The standard InChI is InChI=1S/C23H28N6O2/c24-17-13-16-15-26-23(28-22(16)21(14-17)31-20-5-7-25-8-6-20)27-18-1-3-19(4-2-18)29-9-11-30-12-10-29/h1-4,13-15,20,25H,5-12,24H2,(H,26,27,28). The van der Waals surface area contributed by atoms with Gasteiger partial charge in [0, 0.05) is 47.8 Å². The maximum Gasteiger partial charge on any atom is 0.227 e. The lowest BCUT2D eigenvalue weighted by atomic mass is 10.1. The van der Waals surface area contributed by atoms with Crippen LogP contribution >= 0.6 is 0 Å². The van der Waals surface area contributed by atoms with E-state index in [-0.39, 0.29) is 6.10 Å². The van der Waals surface area contributed by atoms with Crippen LogP contribution in [0.25, 0.3) is 10.9 Å². The zero-order valence-corrected chi connectivity index (χ0v) is 17.5. The zero-order valence-electron chi connectivity index (χ0n) is 17.5. The first-order valence-electron chi connectivity index (χ1n) is 10.9. The molecule has 0 radical (unpaired) electrons. The van der Waals surface area contributed by atoms with Crippen LogP contribution in [0.4, 0.5) is 23.0 Å². The van der Waals surface area contributed by atoms with Crippen molar-refractivity contribution in [1.29, 1.82) is 0 Å². The number of nitrogens with one attached hydrogen (secondary N) is 2. The highest BCUT2D eigenvalue weighted by molar-refractivity contribution is 5.88. The number of nitrogens with zero attached hydrogens (tertiary/aromatic N) is 3. The second kappa shape index (κ2) is 8.95. The predicted octanol–water partition coefficient (Wildman–Crippen LogP) is 2.92. The van der Waals surface area contributed by atoms with Crippen LogP contribution < -0.4 is 26.0 Å². The highest BCUT2D eigenvalue weighted by Crippen LogP contribution is 2.30. The van der Waals surface area contributed by atoms with Gasteiger partial charge in [0.05, 0.1) is 13.2 Å². The fraction of sp³-hybridized carbons (Fsp3) is 0.391. The lowest BCUT2D eigenvalue weighted by Gasteiger charge is -2.28. The molecule has 3 aromatic rings. The van der Waals surface area contributed by atoms with Crippen molar-refractivity contribution in [1.82, 2.24) is 15.3 Å². The molecule has 2 aromatic carbocycles. The molecule has 162 valence electrons. The lowest BCUT2D eigenvalue weighted by molar-refractivity contribution is 0.122. The van der Waals surface area contributed by atoms with Crippen LogP contribution in [0.2, 0.25) is 0 Å². The summed E-state index contributed by atoms with van der Waals surface area (Å²) in [5, 5.41) is 7.54. The topological polar surface area (TPSA) is 97.6 Å². The molecule has 3 heterocycles. The molecule has 2 saturated heterocycles. The smallest absolute Gasteiger partial charge is 0.227 e. The molecule has 0 spiro atoms. The van der Waals surface area contributed by atoms with Crippen molar-refractivity contribution in [2.45, 2.75) is 18.9 Å². The molecule has 5 rings (SSSR count). The van der Waals surface area contributed by atoms with Gasteiger partial charge in [-0.2, -0.15) is 0 Å². The number of nitrogen functional groups attached to an aromatic ring is 1. The Morgan fingerprint density at radius 2 is 1.87 bits per heavy atom. The summed E-state index contributed by atoms with van der Waals surface area (Å²) >= 11 is 0. The maximum atomic E-state index is 6.28. The van der Waals surface area contributed by atoms with E-state index in [0.717, 1.165) is 74.6 Å². The molecule has 31 heavy (non-hydrogen) atoms. The van der Waals surface area contributed by atoms with Crippen LogP contribution in [0.3, 0.4) is 0 Å². The Bertz CT molecular complexity index is 1030. The van der Waals surface area contributed by atoms with Gasteiger partial charge < -0.3 is 30.7 Å². The minimum Gasteiger partial charge on any atom is -0.488 e. The zero-order chi connectivity index (χ0) is 21.0. The van der Waals surface area contributed by atoms with E-state index in [4.69, 9.17) is 20.2 Å². The Morgan fingerprint density at radius 3 is 2.65 bits per heavy atom. The van der Waals surface area contributed by atoms with Gasteiger partial charge in [-0.25, -0.2) is 9.97 Å². The number of hydrogen-bond acceptors (Lipinski definition) is 8. The van der Waals surface area contributed by atoms with Crippen molar-refractivity contribution in [3.63, 3.8) is 0 Å². The third-order valence-corrected chi connectivity index (χ3v) is 5.75. The van der Waals surface area contributed by atoms with E-state index in [2.05, 4.69) is 32.7 Å². The van der Waals surface area contributed by atoms with Gasteiger partial charge >= 0.3 is 0 Å². The number of aromatic nitrogens is 2. The van der Waals surface area contributed by atoms with Gasteiger partial charge in [-0.15, -0.1) is 0 Å². The fourth-order valence-corrected chi connectivity index (χ4v) is 4.08. The average Bonchev–Trinajstić information content (AvgIpc) is 2.81. The summed E-state index contributed by atoms with van der Waals surface area (Å²) in [7, 11) is 0. The fourth-order valence-electron chi connectivity index (χ4n) is 4.08. The molecule has 0 bridgehead atoms. The van der Waals surface area contributed by atoms with E-state index in [1.165, 1.54) is 5.69 Å². The molecule has 8 heteroatoms. The van der Waals surface area contributed by atoms with E-state index in [1.54, 1.807) is 6.20 Å². The molecule has 8 nitrogen and oxygen atoms in total. The van der Waals surface area contributed by atoms with Crippen molar-refractivity contribution in [2.75, 3.05) is 55.3 Å². The van der Waals surface area contributed by atoms with Gasteiger partial charge in [0.25, 0.3) is 0 Å². The van der Waals surface area contributed by atoms with E-state index in [9.17, 15) is 0 Å². The van der Waals surface area contributed by atoms with Crippen molar-refractivity contribution in [3.8, 4) is 5.75 Å². The van der Waals surface area contributed by atoms with Crippen LogP contribution in [-0.2, 0) is 4.74 Å². The third-order valence-electron chi connectivity index (χ3n) is 5.75. The van der Waals surface area contributed by atoms with Crippen molar-refractivity contribution < 1.29 is 9.47 Å². The molecule has 0 unspecified atom stereocenters. The van der Waals surface area contributed by atoms with Crippen molar-refractivity contribution in [3.05, 3.63) is 42.6 Å². The summed E-state index contributed by atoms with van der Waals surface area (Å²) in [6, 6.07) is 12.1. The number of fused-ring (bicyclic) bond motifs is 1. The highest BCUT2D eigenvalue weighted by Gasteiger charge is 2.17. The molecule has 2 aliphatic heterocycles. The Kier molecular flexibility index (Phi) is 5.73. The normalized spacial score (nSPS) is 17.6. The predicted molar refractivity (Wildman–Crippen MR) is 123 cm³/mol. The Balaban J connectivity index is 1.36. The quantitative estimate of drug-likeness (QED) is 0.542. The van der Waals surface area contributed by atoms with E-state index in [1.807, 2.05) is 24.3 Å². The molecule has 2 fully saturated rings. The first-order valence-corrected chi connectivity index (χ1v) is 10.9. The minimum absolute atomic E-state index is 0.172. The number of piperidine rings is 1. The van der Waals surface area contributed by atoms with Crippen LogP contribution in [0, 0.1) is 0 Å². The lowest BCUT2D eigenvalue weighted by Crippen LogP contribution is -2.36. The van der Waals surface area contributed by atoms with Gasteiger partial charge in [0.1, 0.15) is 17.4 Å². The highest BCUT2D eigenvalue weighted by atomic mass is 16.5. The van der Waals surface area contributed by atoms with Crippen LogP contribution in [-0.4, -0.2) is 55.5 Å². The van der Waals surface area contributed by atoms with E-state index >= 15 is 0 Å². The van der Waals surface area contributed by atoms with Gasteiger partial charge in [-0.05, 0) is 56.3 Å². The van der Waals surface area contributed by atoms with Crippen LogP contribution in [0.1, 0.15) is 12.8 Å². The summed E-state index contributed by atoms with van der Waals surface area (Å²) < 4.78 is 11.7. The number of anilines is 4. The molecule has 0 saturated carbocycles. The second-order valence-electron chi connectivity index (χ2n) is 7.99. The number of rotatable bonds is 5. The largest absolute Gasteiger partial charge is 0.488 e. The number of ether oxygens (including phenoxy) is 2. The first-order chi connectivity index (χ1) is 15.2. The summed E-state index contributed by atoms with van der Waals surface area (Å²) in [6.45, 7) is 5.32. The Morgan fingerprint density at radius 1 is 1.10 bits per heavy atom. The van der Waals surface area contributed by atoms with Gasteiger partial charge in [-0.1, -0.05) is 0 Å². The molecule has 0 aliphatic carbocycles. The Labute approximate surface area is 181 Å². The third kappa shape index (κ3) is 4.65. The number of benzene rings is 2. The van der Waals surface area contributed by atoms with Gasteiger partial charge in [-0.3, -0.25) is 0 Å².